The van der Waals surface area contributed by atoms with Crippen molar-refractivity contribution in [2.75, 3.05) is 34.5 Å². The molecule has 4 aromatic rings. The molecule has 0 aliphatic carbocycles. The van der Waals surface area contributed by atoms with Crippen LogP contribution in [-0.2, 0) is 6.54 Å². The molecule has 0 fully saturated rings. The van der Waals surface area contributed by atoms with E-state index in [1.165, 1.54) is 18.2 Å². The Kier molecular flexibility index (Phi) is 6.56. The normalized spacial score (nSPS) is 12.9. The van der Waals surface area contributed by atoms with Crippen molar-refractivity contribution in [3.63, 3.8) is 0 Å². The molecule has 1 aromatic heterocycles. The molecule has 1 amide bonds. The number of aryl methyl sites for hydroxylation is 1. The fraction of sp³-hybridized carbons (Fsp3) is 0.241. The summed E-state index contributed by atoms with van der Waals surface area (Å²) in [6.07, 6.45) is 0. The smallest absolute Gasteiger partial charge is 0.254 e. The van der Waals surface area contributed by atoms with E-state index in [2.05, 4.69) is 0 Å². The molecule has 0 spiro atoms. The predicted octanol–water partition coefficient (Wildman–Crippen LogP) is 5.41. The molecule has 1 aliphatic heterocycles. The van der Waals surface area contributed by atoms with Crippen LogP contribution in [0.25, 0.3) is 22.2 Å². The number of hydrogen-bond donors (Lipinski definition) is 0. The first kappa shape index (κ1) is 24.4. The third-order valence-corrected chi connectivity index (χ3v) is 6.50. The molecule has 190 valence electrons. The summed E-state index contributed by atoms with van der Waals surface area (Å²) in [4.78, 5) is 19.7. The highest BCUT2D eigenvalue weighted by Gasteiger charge is 2.25. The van der Waals surface area contributed by atoms with Crippen molar-refractivity contribution in [2.45, 2.75) is 13.5 Å². The number of carbonyl (C=O) groups excluding carboxylic acids is 1. The Morgan fingerprint density at radius 3 is 2.46 bits per heavy atom. The molecule has 0 unspecified atom stereocenters. The molecular weight excluding hydrogens is 475 g/mol. The van der Waals surface area contributed by atoms with Crippen LogP contribution in [0, 0.1) is 12.7 Å². The van der Waals surface area contributed by atoms with E-state index in [9.17, 15) is 9.18 Å². The summed E-state index contributed by atoms with van der Waals surface area (Å²) < 4.78 is 36.3. The van der Waals surface area contributed by atoms with E-state index >= 15 is 0 Å². The van der Waals surface area contributed by atoms with Crippen molar-refractivity contribution in [3.05, 3.63) is 77.1 Å². The maximum atomic E-state index is 13.8. The Morgan fingerprint density at radius 1 is 0.973 bits per heavy atom. The Hall–Kier alpha value is -4.33. The third-order valence-electron chi connectivity index (χ3n) is 6.50. The van der Waals surface area contributed by atoms with Gasteiger partial charge in [-0.05, 0) is 55.0 Å². The van der Waals surface area contributed by atoms with Gasteiger partial charge in [-0.2, -0.15) is 0 Å². The van der Waals surface area contributed by atoms with Crippen LogP contribution >= 0.6 is 0 Å². The van der Waals surface area contributed by atoms with Gasteiger partial charge in [-0.25, -0.2) is 9.37 Å². The van der Waals surface area contributed by atoms with Crippen LogP contribution in [0.5, 0.6) is 23.0 Å². The van der Waals surface area contributed by atoms with Crippen molar-refractivity contribution in [1.82, 2.24) is 9.88 Å². The highest BCUT2D eigenvalue weighted by Crippen LogP contribution is 2.40. The zero-order valence-corrected chi connectivity index (χ0v) is 21.1. The molecule has 1 aliphatic rings. The molecule has 37 heavy (non-hydrogen) atoms. The van der Waals surface area contributed by atoms with Crippen LogP contribution in [0.15, 0.2) is 54.6 Å². The Labute approximate surface area is 214 Å². The van der Waals surface area contributed by atoms with Crippen molar-refractivity contribution in [3.8, 4) is 34.3 Å². The van der Waals surface area contributed by atoms with E-state index in [1.54, 1.807) is 32.3 Å². The van der Waals surface area contributed by atoms with Crippen LogP contribution in [0.1, 0.15) is 21.5 Å². The number of halogens is 1. The minimum absolute atomic E-state index is 0.263. The Morgan fingerprint density at radius 2 is 1.73 bits per heavy atom. The van der Waals surface area contributed by atoms with Gasteiger partial charge in [-0.15, -0.1) is 0 Å². The molecule has 0 saturated heterocycles. The lowest BCUT2D eigenvalue weighted by molar-refractivity contribution is 0.0732. The summed E-state index contributed by atoms with van der Waals surface area (Å²) in [6.45, 7) is 2.95. The highest BCUT2D eigenvalue weighted by molar-refractivity contribution is 5.94. The van der Waals surface area contributed by atoms with E-state index < -0.39 is 5.82 Å². The molecule has 3 aromatic carbocycles. The quantitative estimate of drug-likeness (QED) is 0.364. The zero-order chi connectivity index (χ0) is 26.1. The second-order valence-electron chi connectivity index (χ2n) is 8.80. The van der Waals surface area contributed by atoms with Crippen molar-refractivity contribution in [2.24, 2.45) is 0 Å². The number of hydrogen-bond acceptors (Lipinski definition) is 6. The third kappa shape index (κ3) is 4.62. The summed E-state index contributed by atoms with van der Waals surface area (Å²) in [6, 6.07) is 15.3. The molecule has 2 heterocycles. The molecule has 5 rings (SSSR count). The van der Waals surface area contributed by atoms with Gasteiger partial charge in [0.05, 0.1) is 39.1 Å². The SMILES string of the molecule is COc1cc2nc(-c3cc4c(c(OC)c3)OCCN(C(=O)c3cccc(F)c3)C4)cc(C)c2cc1OC. The maximum Gasteiger partial charge on any atom is 0.254 e. The van der Waals surface area contributed by atoms with Crippen LogP contribution in [0.4, 0.5) is 4.39 Å². The van der Waals surface area contributed by atoms with Gasteiger partial charge in [-0.1, -0.05) is 6.07 Å². The summed E-state index contributed by atoms with van der Waals surface area (Å²) in [7, 11) is 4.78. The van der Waals surface area contributed by atoms with Gasteiger partial charge >= 0.3 is 0 Å². The lowest BCUT2D eigenvalue weighted by Gasteiger charge is -2.20. The second kappa shape index (κ2) is 9.97. The molecule has 0 atom stereocenters. The first-order valence-electron chi connectivity index (χ1n) is 11.8. The zero-order valence-electron chi connectivity index (χ0n) is 21.1. The number of ether oxygens (including phenoxy) is 4. The average molecular weight is 503 g/mol. The van der Waals surface area contributed by atoms with E-state index in [-0.39, 0.29) is 12.5 Å². The number of aromatic nitrogens is 1. The van der Waals surface area contributed by atoms with Gasteiger partial charge in [0.2, 0.25) is 0 Å². The number of carbonyl (C=O) groups is 1. The standard InChI is InChI=1S/C29H27FN2O5/c1-17-10-23(31-24-15-26(35-3)25(34-2)14-22(17)24)19-11-20-16-32(8-9-37-28(20)27(13-19)36-4)29(33)18-6-5-7-21(30)12-18/h5-7,10-15H,8-9,16H2,1-4H3. The molecule has 0 saturated carbocycles. The minimum Gasteiger partial charge on any atom is -0.493 e. The number of nitrogens with zero attached hydrogens (tertiary/aromatic N) is 2. The van der Waals surface area contributed by atoms with Crippen LogP contribution in [-0.4, -0.2) is 50.3 Å². The molecule has 0 N–H and O–H groups in total. The van der Waals surface area contributed by atoms with E-state index in [1.807, 2.05) is 37.3 Å². The summed E-state index contributed by atoms with van der Waals surface area (Å²) >= 11 is 0. The number of fused-ring (bicyclic) bond motifs is 2. The first-order chi connectivity index (χ1) is 17.9. The van der Waals surface area contributed by atoms with E-state index in [0.717, 1.165) is 33.3 Å². The van der Waals surface area contributed by atoms with Crippen LogP contribution < -0.4 is 18.9 Å². The Bertz CT molecular complexity index is 1500. The molecule has 0 radical (unpaired) electrons. The largest absolute Gasteiger partial charge is 0.493 e. The van der Waals surface area contributed by atoms with Gasteiger partial charge in [-0.3, -0.25) is 4.79 Å². The molecular formula is C29H27FN2O5. The number of methoxy groups -OCH3 is 3. The highest BCUT2D eigenvalue weighted by atomic mass is 19.1. The first-order valence-corrected chi connectivity index (χ1v) is 11.8. The summed E-state index contributed by atoms with van der Waals surface area (Å²) in [5.74, 6) is 1.66. The molecule has 8 heteroatoms. The summed E-state index contributed by atoms with van der Waals surface area (Å²) in [5.41, 5.74) is 4.42. The van der Waals surface area contributed by atoms with Gasteiger partial charge < -0.3 is 23.8 Å². The number of benzene rings is 3. The number of amides is 1. The van der Waals surface area contributed by atoms with Crippen molar-refractivity contribution >= 4 is 16.8 Å². The fourth-order valence-corrected chi connectivity index (χ4v) is 4.63. The van der Waals surface area contributed by atoms with Gasteiger partial charge in [0.1, 0.15) is 12.4 Å². The average Bonchev–Trinajstić information content (AvgIpc) is 3.14. The lowest BCUT2D eigenvalue weighted by atomic mass is 10.0. The monoisotopic (exact) mass is 502 g/mol. The minimum atomic E-state index is -0.451. The van der Waals surface area contributed by atoms with E-state index in [0.29, 0.717) is 41.7 Å². The van der Waals surface area contributed by atoms with Crippen LogP contribution in [0.3, 0.4) is 0 Å². The Balaban J connectivity index is 1.57. The number of rotatable bonds is 5. The maximum absolute atomic E-state index is 13.8. The lowest BCUT2D eigenvalue weighted by Crippen LogP contribution is -2.32. The molecule has 7 nitrogen and oxygen atoms in total. The van der Waals surface area contributed by atoms with Gasteiger partial charge in [0, 0.05) is 34.7 Å². The van der Waals surface area contributed by atoms with Crippen LogP contribution in [0.2, 0.25) is 0 Å². The summed E-state index contributed by atoms with van der Waals surface area (Å²) in [5, 5.41) is 0.957. The molecule has 0 bridgehead atoms. The predicted molar refractivity (Wildman–Crippen MR) is 138 cm³/mol. The number of pyridine rings is 1. The van der Waals surface area contributed by atoms with Gasteiger partial charge in [0.25, 0.3) is 5.91 Å². The van der Waals surface area contributed by atoms with Crippen molar-refractivity contribution in [1.29, 1.82) is 0 Å². The topological polar surface area (TPSA) is 70.1 Å². The van der Waals surface area contributed by atoms with E-state index in [4.69, 9.17) is 23.9 Å². The fourth-order valence-electron chi connectivity index (χ4n) is 4.63. The van der Waals surface area contributed by atoms with Crippen molar-refractivity contribution < 1.29 is 28.1 Å². The van der Waals surface area contributed by atoms with Gasteiger partial charge in [0.15, 0.2) is 23.0 Å². The second-order valence-corrected chi connectivity index (χ2v) is 8.80.